The number of ether oxygens (including phenoxy) is 3. The first-order valence-electron chi connectivity index (χ1n) is 7.95. The van der Waals surface area contributed by atoms with Crippen molar-refractivity contribution in [3.05, 3.63) is 23.8 Å². The van der Waals surface area contributed by atoms with Gasteiger partial charge in [0.05, 0.1) is 13.7 Å². The highest BCUT2D eigenvalue weighted by Gasteiger charge is 2.22. The van der Waals surface area contributed by atoms with E-state index in [0.29, 0.717) is 12.5 Å². The fraction of sp³-hybridized carbons (Fsp3) is 0.588. The molecule has 1 aliphatic heterocycles. The Labute approximate surface area is 130 Å². The maximum atomic E-state index is 11.2. The summed E-state index contributed by atoms with van der Waals surface area (Å²) in [6.45, 7) is 1.34. The zero-order chi connectivity index (χ0) is 15.4. The van der Waals surface area contributed by atoms with Gasteiger partial charge in [-0.1, -0.05) is 18.9 Å². The minimum absolute atomic E-state index is 0.0672. The highest BCUT2D eigenvalue weighted by Crippen LogP contribution is 2.33. The monoisotopic (exact) mass is 305 g/mol. The molecule has 1 aromatic carbocycles. The molecule has 2 fully saturated rings. The molecule has 120 valence electrons. The van der Waals surface area contributed by atoms with Crippen LogP contribution in [0.25, 0.3) is 0 Å². The van der Waals surface area contributed by atoms with Gasteiger partial charge in [-0.25, -0.2) is 0 Å². The average Bonchev–Trinajstić information content (AvgIpc) is 3.07. The largest absolute Gasteiger partial charge is 0.493 e. The molecular weight excluding hydrogens is 282 g/mol. The van der Waals surface area contributed by atoms with Crippen molar-refractivity contribution in [2.45, 2.75) is 31.8 Å². The van der Waals surface area contributed by atoms with Gasteiger partial charge in [0.15, 0.2) is 11.5 Å². The predicted octanol–water partition coefficient (Wildman–Crippen LogP) is 2.45. The number of nitrogens with one attached hydrogen (secondary N) is 1. The van der Waals surface area contributed by atoms with Crippen LogP contribution in [0.2, 0.25) is 0 Å². The molecule has 1 heterocycles. The van der Waals surface area contributed by atoms with Gasteiger partial charge >= 0.3 is 0 Å². The van der Waals surface area contributed by atoms with Crippen molar-refractivity contribution in [1.82, 2.24) is 5.32 Å². The van der Waals surface area contributed by atoms with Crippen molar-refractivity contribution < 1.29 is 19.0 Å². The SMILES string of the molecule is COc1ccc(C2CNC(=O)CO2)cc1OCC1CCCC1. The number of carbonyl (C=O) groups excluding carboxylic acids is 1. The summed E-state index contributed by atoms with van der Waals surface area (Å²) < 4.78 is 17.0. The van der Waals surface area contributed by atoms with E-state index in [4.69, 9.17) is 14.2 Å². The summed E-state index contributed by atoms with van der Waals surface area (Å²) in [6, 6.07) is 5.83. The van der Waals surface area contributed by atoms with E-state index in [0.717, 1.165) is 23.7 Å². The Bertz CT molecular complexity index is 515. The molecule has 1 N–H and O–H groups in total. The molecule has 1 amide bonds. The van der Waals surface area contributed by atoms with Gasteiger partial charge in [0.25, 0.3) is 0 Å². The molecule has 1 aliphatic carbocycles. The summed E-state index contributed by atoms with van der Waals surface area (Å²) in [5.74, 6) is 2.08. The molecule has 3 rings (SSSR count). The van der Waals surface area contributed by atoms with E-state index in [1.165, 1.54) is 25.7 Å². The lowest BCUT2D eigenvalue weighted by Crippen LogP contribution is -2.38. The summed E-state index contributed by atoms with van der Waals surface area (Å²) in [4.78, 5) is 11.2. The minimum Gasteiger partial charge on any atom is -0.493 e. The smallest absolute Gasteiger partial charge is 0.246 e. The van der Waals surface area contributed by atoms with E-state index in [1.807, 2.05) is 18.2 Å². The Morgan fingerprint density at radius 3 is 2.77 bits per heavy atom. The third-order valence-corrected chi connectivity index (χ3v) is 4.41. The number of hydrogen-bond donors (Lipinski definition) is 1. The molecule has 1 saturated heterocycles. The lowest BCUT2D eigenvalue weighted by atomic mass is 10.1. The zero-order valence-electron chi connectivity index (χ0n) is 13.0. The van der Waals surface area contributed by atoms with E-state index in [1.54, 1.807) is 7.11 Å². The number of amides is 1. The van der Waals surface area contributed by atoms with Crippen LogP contribution in [-0.2, 0) is 9.53 Å². The minimum atomic E-state index is -0.127. The van der Waals surface area contributed by atoms with Crippen LogP contribution in [0.5, 0.6) is 11.5 Å². The number of methoxy groups -OCH3 is 1. The van der Waals surface area contributed by atoms with E-state index in [-0.39, 0.29) is 18.6 Å². The second-order valence-electron chi connectivity index (χ2n) is 5.98. The first-order valence-corrected chi connectivity index (χ1v) is 7.95. The highest BCUT2D eigenvalue weighted by atomic mass is 16.5. The van der Waals surface area contributed by atoms with E-state index in [2.05, 4.69) is 5.32 Å². The zero-order valence-corrected chi connectivity index (χ0v) is 13.0. The highest BCUT2D eigenvalue weighted by molar-refractivity contribution is 5.77. The summed E-state index contributed by atoms with van der Waals surface area (Å²) in [6.07, 6.45) is 4.98. The molecule has 0 spiro atoms. The van der Waals surface area contributed by atoms with E-state index >= 15 is 0 Å². The fourth-order valence-corrected chi connectivity index (χ4v) is 3.10. The van der Waals surface area contributed by atoms with Crippen LogP contribution in [0.15, 0.2) is 18.2 Å². The van der Waals surface area contributed by atoms with Crippen molar-refractivity contribution in [3.63, 3.8) is 0 Å². The van der Waals surface area contributed by atoms with Gasteiger partial charge in [-0.3, -0.25) is 4.79 Å². The molecule has 1 atom stereocenters. The van der Waals surface area contributed by atoms with Crippen molar-refractivity contribution in [1.29, 1.82) is 0 Å². The van der Waals surface area contributed by atoms with Gasteiger partial charge in [-0.2, -0.15) is 0 Å². The van der Waals surface area contributed by atoms with E-state index < -0.39 is 0 Å². The molecule has 5 nitrogen and oxygen atoms in total. The summed E-state index contributed by atoms with van der Waals surface area (Å²) in [7, 11) is 1.65. The summed E-state index contributed by atoms with van der Waals surface area (Å²) in [5, 5.41) is 2.82. The number of rotatable bonds is 5. The molecule has 2 aliphatic rings. The van der Waals surface area contributed by atoms with Crippen molar-refractivity contribution >= 4 is 5.91 Å². The summed E-state index contributed by atoms with van der Waals surface area (Å²) in [5.41, 5.74) is 1.00. The lowest BCUT2D eigenvalue weighted by Gasteiger charge is -2.24. The molecule has 0 aromatic heterocycles. The Morgan fingerprint density at radius 2 is 2.09 bits per heavy atom. The topological polar surface area (TPSA) is 56.8 Å². The summed E-state index contributed by atoms with van der Waals surface area (Å²) >= 11 is 0. The van der Waals surface area contributed by atoms with Gasteiger partial charge < -0.3 is 19.5 Å². The van der Waals surface area contributed by atoms with Crippen molar-refractivity contribution in [3.8, 4) is 11.5 Å². The van der Waals surface area contributed by atoms with Crippen LogP contribution in [0.1, 0.15) is 37.4 Å². The van der Waals surface area contributed by atoms with Crippen LogP contribution in [0.4, 0.5) is 0 Å². The fourth-order valence-electron chi connectivity index (χ4n) is 3.10. The maximum Gasteiger partial charge on any atom is 0.246 e. The Morgan fingerprint density at radius 1 is 1.27 bits per heavy atom. The molecule has 1 saturated carbocycles. The predicted molar refractivity (Wildman–Crippen MR) is 82.1 cm³/mol. The maximum absolute atomic E-state index is 11.2. The Kier molecular flexibility index (Phi) is 4.83. The quantitative estimate of drug-likeness (QED) is 0.908. The van der Waals surface area contributed by atoms with Crippen LogP contribution in [0.3, 0.4) is 0 Å². The number of benzene rings is 1. The lowest BCUT2D eigenvalue weighted by molar-refractivity contribution is -0.133. The molecule has 1 unspecified atom stereocenters. The van der Waals surface area contributed by atoms with Crippen LogP contribution >= 0.6 is 0 Å². The third-order valence-electron chi connectivity index (χ3n) is 4.41. The standard InChI is InChI=1S/C17H23NO4/c1-20-14-7-6-13(16-9-18-17(19)11-22-16)8-15(14)21-10-12-4-2-3-5-12/h6-8,12,16H,2-5,9-11H2,1H3,(H,18,19). The molecule has 0 bridgehead atoms. The average molecular weight is 305 g/mol. The second kappa shape index (κ2) is 7.01. The van der Waals surface area contributed by atoms with Crippen molar-refractivity contribution in [2.24, 2.45) is 5.92 Å². The number of carbonyl (C=O) groups is 1. The van der Waals surface area contributed by atoms with Crippen LogP contribution in [-0.4, -0.2) is 32.8 Å². The van der Waals surface area contributed by atoms with E-state index in [9.17, 15) is 4.79 Å². The molecule has 1 aromatic rings. The normalized spacial score (nSPS) is 22.4. The van der Waals surface area contributed by atoms with Gasteiger partial charge in [0.2, 0.25) is 5.91 Å². The molecular formula is C17H23NO4. The Balaban J connectivity index is 1.69. The molecule has 22 heavy (non-hydrogen) atoms. The number of hydrogen-bond acceptors (Lipinski definition) is 4. The second-order valence-corrected chi connectivity index (χ2v) is 5.98. The van der Waals surface area contributed by atoms with Gasteiger partial charge in [0.1, 0.15) is 12.7 Å². The van der Waals surface area contributed by atoms with Gasteiger partial charge in [-0.15, -0.1) is 0 Å². The van der Waals surface area contributed by atoms with Crippen LogP contribution < -0.4 is 14.8 Å². The third kappa shape index (κ3) is 3.53. The van der Waals surface area contributed by atoms with Crippen LogP contribution in [0, 0.1) is 5.92 Å². The number of morpholine rings is 1. The van der Waals surface area contributed by atoms with Gasteiger partial charge in [0, 0.05) is 6.54 Å². The van der Waals surface area contributed by atoms with Crippen molar-refractivity contribution in [2.75, 3.05) is 26.9 Å². The molecule has 0 radical (unpaired) electrons. The van der Waals surface area contributed by atoms with Gasteiger partial charge in [-0.05, 0) is 36.5 Å². The first kappa shape index (κ1) is 15.2. The Hall–Kier alpha value is -1.75. The first-order chi connectivity index (χ1) is 10.8. The molecule has 5 heteroatoms.